The fourth-order valence-electron chi connectivity index (χ4n) is 6.34. The maximum Gasteiger partial charge on any atom is 0.299 e. The predicted molar refractivity (Wildman–Crippen MR) is 155 cm³/mol. The quantitative estimate of drug-likeness (QED) is 0.310. The van der Waals surface area contributed by atoms with Crippen LogP contribution in [-0.4, -0.2) is 70.7 Å². The minimum atomic E-state index is -3.16. The molecule has 1 spiro atoms. The molecule has 4 aromatic rings. The number of H-pyrrole nitrogens is 1. The number of carbonyl (C=O) groups is 3. The number of alkyl halides is 2. The van der Waals surface area contributed by atoms with Crippen molar-refractivity contribution in [2.45, 2.75) is 37.1 Å². The molecule has 3 N–H and O–H groups in total. The number of halogens is 2. The summed E-state index contributed by atoms with van der Waals surface area (Å²) in [6, 6.07) is 12.6. The van der Waals surface area contributed by atoms with Crippen LogP contribution < -0.4 is 10.6 Å². The summed E-state index contributed by atoms with van der Waals surface area (Å²) in [7, 11) is 0. The van der Waals surface area contributed by atoms with Crippen LogP contribution in [0.2, 0.25) is 0 Å². The van der Waals surface area contributed by atoms with Gasteiger partial charge in [-0.15, -0.1) is 0 Å². The molecule has 2 aliphatic heterocycles. The van der Waals surface area contributed by atoms with E-state index in [1.807, 2.05) is 19.1 Å². The zero-order valence-corrected chi connectivity index (χ0v) is 23.7. The normalized spacial score (nSPS) is 20.0. The van der Waals surface area contributed by atoms with E-state index in [1.54, 1.807) is 30.6 Å². The second-order valence-electron chi connectivity index (χ2n) is 11.3. The summed E-state index contributed by atoms with van der Waals surface area (Å²) < 4.78 is 41.5. The number of aromatic amines is 1. The molecule has 2 saturated heterocycles. The molecule has 1 aliphatic carbocycles. The lowest BCUT2D eigenvalue weighted by molar-refractivity contribution is -0.152. The van der Waals surface area contributed by atoms with Crippen LogP contribution in [0.1, 0.15) is 46.6 Å². The standard InChI is InChI=1S/C32H29F2N5O5/c1-18(26-13-20-15-35-9-8-25(20)38-26)37-30(42)27-14-31(43-10-11-44-31)17-39(27)28(40)16-36-29(41)19-6-7-24-22(12-19)21-4-2-3-5-23(21)32(24,33)34/h2-9,12-13,15,18,27,38H,10-11,14,16-17H2,1H3,(H,36,41)(H,37,42)/t18-,27-/m0/s1. The molecule has 2 atom stereocenters. The molecule has 0 bridgehead atoms. The minimum absolute atomic E-state index is 0.0247. The van der Waals surface area contributed by atoms with Crippen molar-refractivity contribution in [3.8, 4) is 11.1 Å². The number of hydrogen-bond donors (Lipinski definition) is 3. The van der Waals surface area contributed by atoms with Crippen molar-refractivity contribution in [2.24, 2.45) is 0 Å². The highest BCUT2D eigenvalue weighted by Crippen LogP contribution is 2.51. The number of nitrogens with one attached hydrogen (secondary N) is 3. The lowest BCUT2D eigenvalue weighted by Gasteiger charge is -2.25. The number of aromatic nitrogens is 2. The number of nitrogens with zero attached hydrogens (tertiary/aromatic N) is 2. The number of likely N-dealkylation sites (tertiary alicyclic amines) is 1. The maximum absolute atomic E-state index is 14.9. The van der Waals surface area contributed by atoms with Crippen molar-refractivity contribution in [1.82, 2.24) is 25.5 Å². The summed E-state index contributed by atoms with van der Waals surface area (Å²) in [6.07, 6.45) is 3.54. The minimum Gasteiger partial charge on any atom is -0.357 e. The van der Waals surface area contributed by atoms with Crippen LogP contribution in [-0.2, 0) is 25.0 Å². The highest BCUT2D eigenvalue weighted by atomic mass is 19.3. The Bertz CT molecular complexity index is 1770. The first-order valence-corrected chi connectivity index (χ1v) is 14.4. The number of amides is 3. The molecule has 44 heavy (non-hydrogen) atoms. The van der Waals surface area contributed by atoms with Crippen LogP contribution in [0, 0.1) is 0 Å². The van der Waals surface area contributed by atoms with Gasteiger partial charge in [0.05, 0.1) is 32.3 Å². The molecule has 10 nitrogen and oxygen atoms in total. The van der Waals surface area contributed by atoms with Crippen LogP contribution in [0.4, 0.5) is 8.78 Å². The van der Waals surface area contributed by atoms with Gasteiger partial charge < -0.3 is 30.0 Å². The topological polar surface area (TPSA) is 126 Å². The molecule has 7 rings (SSSR count). The van der Waals surface area contributed by atoms with E-state index in [1.165, 1.54) is 29.2 Å². The summed E-state index contributed by atoms with van der Waals surface area (Å²) in [5, 5.41) is 6.47. The van der Waals surface area contributed by atoms with Crippen LogP contribution in [0.5, 0.6) is 0 Å². The smallest absolute Gasteiger partial charge is 0.299 e. The predicted octanol–water partition coefficient (Wildman–Crippen LogP) is 3.63. The lowest BCUT2D eigenvalue weighted by atomic mass is 10.0. The number of hydrogen-bond acceptors (Lipinski definition) is 6. The third-order valence-electron chi connectivity index (χ3n) is 8.57. The largest absolute Gasteiger partial charge is 0.357 e. The number of fused-ring (bicyclic) bond motifs is 4. The highest BCUT2D eigenvalue weighted by molar-refractivity contribution is 5.99. The van der Waals surface area contributed by atoms with E-state index in [0.717, 1.165) is 16.6 Å². The molecule has 12 heteroatoms. The monoisotopic (exact) mass is 601 g/mol. The molecular weight excluding hydrogens is 572 g/mol. The first kappa shape index (κ1) is 28.1. The number of pyridine rings is 1. The fourth-order valence-corrected chi connectivity index (χ4v) is 6.34. The van der Waals surface area contributed by atoms with E-state index in [0.29, 0.717) is 18.8 Å². The van der Waals surface area contributed by atoms with Gasteiger partial charge in [0.1, 0.15) is 6.04 Å². The zero-order chi connectivity index (χ0) is 30.6. The summed E-state index contributed by atoms with van der Waals surface area (Å²) in [4.78, 5) is 48.8. The first-order chi connectivity index (χ1) is 21.1. The molecule has 0 saturated carbocycles. The number of ether oxygens (including phenoxy) is 2. The summed E-state index contributed by atoms with van der Waals surface area (Å²) in [6.45, 7) is 2.13. The summed E-state index contributed by atoms with van der Waals surface area (Å²) >= 11 is 0. The van der Waals surface area contributed by atoms with E-state index in [2.05, 4.69) is 20.6 Å². The molecule has 2 fully saturated rings. The van der Waals surface area contributed by atoms with Crippen LogP contribution in [0.3, 0.4) is 0 Å². The Balaban J connectivity index is 1.05. The van der Waals surface area contributed by atoms with Gasteiger partial charge in [-0.25, -0.2) is 0 Å². The van der Waals surface area contributed by atoms with E-state index < -0.39 is 42.2 Å². The van der Waals surface area contributed by atoms with E-state index in [4.69, 9.17) is 9.47 Å². The van der Waals surface area contributed by atoms with Gasteiger partial charge in [-0.2, -0.15) is 8.78 Å². The highest BCUT2D eigenvalue weighted by Gasteiger charge is 2.52. The third kappa shape index (κ3) is 4.70. The second-order valence-corrected chi connectivity index (χ2v) is 11.3. The Labute approximate surface area is 250 Å². The van der Waals surface area contributed by atoms with Gasteiger partial charge >= 0.3 is 0 Å². The summed E-state index contributed by atoms with van der Waals surface area (Å²) in [5.74, 6) is -5.75. The van der Waals surface area contributed by atoms with Crippen molar-refractivity contribution in [1.29, 1.82) is 0 Å². The Morgan fingerprint density at radius 1 is 1.07 bits per heavy atom. The molecule has 2 aromatic heterocycles. The van der Waals surface area contributed by atoms with Gasteiger partial charge in [0.25, 0.3) is 11.8 Å². The maximum atomic E-state index is 14.9. The van der Waals surface area contributed by atoms with Crippen LogP contribution in [0.25, 0.3) is 22.0 Å². The Morgan fingerprint density at radius 2 is 1.84 bits per heavy atom. The van der Waals surface area contributed by atoms with Gasteiger partial charge in [-0.1, -0.05) is 30.3 Å². The fraction of sp³-hybridized carbons (Fsp3) is 0.312. The molecule has 3 aliphatic rings. The summed E-state index contributed by atoms with van der Waals surface area (Å²) in [5.41, 5.74) is 2.17. The molecule has 0 radical (unpaired) electrons. The molecule has 3 amide bonds. The third-order valence-corrected chi connectivity index (χ3v) is 8.57. The van der Waals surface area contributed by atoms with Crippen molar-refractivity contribution in [3.05, 3.63) is 89.4 Å². The van der Waals surface area contributed by atoms with Gasteiger partial charge in [-0.05, 0) is 42.3 Å². The van der Waals surface area contributed by atoms with Gasteiger partial charge in [0.2, 0.25) is 11.8 Å². The molecular formula is C32H29F2N5O5. The van der Waals surface area contributed by atoms with Crippen molar-refractivity contribution in [3.63, 3.8) is 0 Å². The number of carbonyl (C=O) groups excluding carboxylic acids is 3. The van der Waals surface area contributed by atoms with Crippen LogP contribution in [0.15, 0.2) is 67.0 Å². The van der Waals surface area contributed by atoms with Gasteiger partial charge in [0.15, 0.2) is 5.79 Å². The Kier molecular flexibility index (Phi) is 6.70. The van der Waals surface area contributed by atoms with Crippen molar-refractivity contribution < 1.29 is 32.6 Å². The second kappa shape index (κ2) is 10.5. The van der Waals surface area contributed by atoms with Gasteiger partial charge in [0, 0.05) is 52.1 Å². The molecule has 4 heterocycles. The van der Waals surface area contributed by atoms with E-state index in [9.17, 15) is 23.2 Å². The van der Waals surface area contributed by atoms with Gasteiger partial charge in [-0.3, -0.25) is 19.4 Å². The average molecular weight is 602 g/mol. The Hall–Kier alpha value is -4.68. The first-order valence-electron chi connectivity index (χ1n) is 14.4. The van der Waals surface area contributed by atoms with Crippen molar-refractivity contribution in [2.75, 3.05) is 26.3 Å². The number of rotatable bonds is 6. The molecule has 0 unspecified atom stereocenters. The van der Waals surface area contributed by atoms with E-state index >= 15 is 0 Å². The van der Waals surface area contributed by atoms with Crippen molar-refractivity contribution >= 4 is 28.6 Å². The lowest BCUT2D eigenvalue weighted by Crippen LogP contribution is -2.49. The van der Waals surface area contributed by atoms with E-state index in [-0.39, 0.29) is 41.1 Å². The zero-order valence-electron chi connectivity index (χ0n) is 23.7. The average Bonchev–Trinajstić information content (AvgIpc) is 3.81. The number of benzene rings is 2. The molecule has 2 aromatic carbocycles. The Morgan fingerprint density at radius 3 is 2.64 bits per heavy atom. The van der Waals surface area contributed by atoms with Crippen LogP contribution >= 0.6 is 0 Å². The SMILES string of the molecule is C[C@H](NC(=O)[C@@H]1CC2(CN1C(=O)CNC(=O)c1ccc3c(c1)-c1ccccc1C3(F)F)OCCO2)c1cc2cnccc2[nH]1. The molecule has 226 valence electrons.